The van der Waals surface area contributed by atoms with E-state index in [9.17, 15) is 13.6 Å². The molecule has 0 bridgehead atoms. The SMILES string of the molecule is O=C(O)c1coc(CCOCC(F)F)n1. The quantitative estimate of drug-likeness (QED) is 0.730. The number of rotatable bonds is 6. The van der Waals surface area contributed by atoms with E-state index in [2.05, 4.69) is 9.72 Å². The van der Waals surface area contributed by atoms with Gasteiger partial charge in [-0.25, -0.2) is 18.6 Å². The number of alkyl halides is 2. The number of carboxylic acid groups (broad SMARTS) is 1. The maximum Gasteiger partial charge on any atom is 0.357 e. The molecule has 7 heteroatoms. The van der Waals surface area contributed by atoms with Crippen LogP contribution >= 0.6 is 0 Å². The minimum absolute atomic E-state index is 0.0178. The number of hydrogen-bond acceptors (Lipinski definition) is 4. The summed E-state index contributed by atoms with van der Waals surface area (Å²) < 4.78 is 32.6. The van der Waals surface area contributed by atoms with Gasteiger partial charge in [0.25, 0.3) is 6.43 Å². The lowest BCUT2D eigenvalue weighted by molar-refractivity contribution is 0.0174. The van der Waals surface area contributed by atoms with Crippen LogP contribution in [0.2, 0.25) is 0 Å². The summed E-state index contributed by atoms with van der Waals surface area (Å²) in [7, 11) is 0. The van der Waals surface area contributed by atoms with Gasteiger partial charge >= 0.3 is 5.97 Å². The Morgan fingerprint density at radius 2 is 2.40 bits per heavy atom. The van der Waals surface area contributed by atoms with Gasteiger partial charge in [-0.3, -0.25) is 0 Å². The lowest BCUT2D eigenvalue weighted by atomic mass is 10.4. The van der Waals surface area contributed by atoms with Crippen LogP contribution in [0, 0.1) is 0 Å². The minimum atomic E-state index is -2.51. The first-order valence-electron chi connectivity index (χ1n) is 4.13. The van der Waals surface area contributed by atoms with E-state index in [-0.39, 0.29) is 24.6 Å². The molecule has 0 saturated carbocycles. The molecular weight excluding hydrogens is 212 g/mol. The molecule has 5 nitrogen and oxygen atoms in total. The second kappa shape index (κ2) is 5.40. The number of aromatic nitrogens is 1. The van der Waals surface area contributed by atoms with Crippen molar-refractivity contribution < 1.29 is 27.8 Å². The highest BCUT2D eigenvalue weighted by Gasteiger charge is 2.10. The average molecular weight is 221 g/mol. The predicted octanol–water partition coefficient (Wildman–Crippen LogP) is 1.20. The summed E-state index contributed by atoms with van der Waals surface area (Å²) in [6.45, 7) is -0.629. The molecule has 1 aromatic rings. The standard InChI is InChI=1S/C8H9F2NO4/c9-6(10)4-14-2-1-7-11-5(3-15-7)8(12)13/h3,6H,1-2,4H2,(H,12,13). The molecule has 0 spiro atoms. The van der Waals surface area contributed by atoms with Gasteiger partial charge in [0.15, 0.2) is 11.6 Å². The molecule has 1 heterocycles. The van der Waals surface area contributed by atoms with Gasteiger partial charge in [0.2, 0.25) is 0 Å². The van der Waals surface area contributed by atoms with Crippen molar-refractivity contribution in [1.82, 2.24) is 4.98 Å². The van der Waals surface area contributed by atoms with Crippen molar-refractivity contribution in [2.75, 3.05) is 13.2 Å². The third-order valence-corrected chi connectivity index (χ3v) is 1.47. The number of carboxylic acids is 1. The Morgan fingerprint density at radius 3 is 2.93 bits per heavy atom. The van der Waals surface area contributed by atoms with Crippen molar-refractivity contribution in [3.63, 3.8) is 0 Å². The van der Waals surface area contributed by atoms with Crippen LogP contribution in [0.15, 0.2) is 10.7 Å². The summed E-state index contributed by atoms with van der Waals surface area (Å²) in [4.78, 5) is 14.0. The molecule has 0 fully saturated rings. The summed E-state index contributed by atoms with van der Waals surface area (Å²) in [5, 5.41) is 8.49. The third-order valence-electron chi connectivity index (χ3n) is 1.47. The Balaban J connectivity index is 2.29. The normalized spacial score (nSPS) is 10.9. The topological polar surface area (TPSA) is 72.6 Å². The molecule has 84 valence electrons. The predicted molar refractivity (Wildman–Crippen MR) is 44.0 cm³/mol. The molecule has 0 aliphatic heterocycles. The largest absolute Gasteiger partial charge is 0.476 e. The number of oxazole rings is 1. The van der Waals surface area contributed by atoms with Crippen LogP contribution in [0.25, 0.3) is 0 Å². The van der Waals surface area contributed by atoms with E-state index in [1.807, 2.05) is 0 Å². The van der Waals surface area contributed by atoms with Gasteiger partial charge in [0.1, 0.15) is 12.9 Å². The molecule has 0 atom stereocenters. The first-order valence-corrected chi connectivity index (χ1v) is 4.13. The van der Waals surface area contributed by atoms with Crippen molar-refractivity contribution >= 4 is 5.97 Å². The Kier molecular flexibility index (Phi) is 4.17. The van der Waals surface area contributed by atoms with E-state index in [1.54, 1.807) is 0 Å². The van der Waals surface area contributed by atoms with Crippen LogP contribution in [0.3, 0.4) is 0 Å². The molecule has 0 aliphatic carbocycles. The Bertz CT molecular complexity index is 326. The van der Waals surface area contributed by atoms with E-state index in [0.29, 0.717) is 0 Å². The fraction of sp³-hybridized carbons (Fsp3) is 0.500. The fourth-order valence-corrected chi connectivity index (χ4v) is 0.856. The van der Waals surface area contributed by atoms with Gasteiger partial charge in [-0.1, -0.05) is 0 Å². The number of nitrogens with zero attached hydrogens (tertiary/aromatic N) is 1. The Morgan fingerprint density at radius 1 is 1.67 bits per heavy atom. The molecule has 0 amide bonds. The van der Waals surface area contributed by atoms with Gasteiger partial charge in [-0.05, 0) is 0 Å². The zero-order valence-electron chi connectivity index (χ0n) is 7.65. The van der Waals surface area contributed by atoms with Crippen LogP contribution in [-0.4, -0.2) is 35.7 Å². The lowest BCUT2D eigenvalue weighted by Gasteiger charge is -1.99. The van der Waals surface area contributed by atoms with Crippen molar-refractivity contribution in [3.05, 3.63) is 17.8 Å². The van der Waals surface area contributed by atoms with Crippen molar-refractivity contribution in [1.29, 1.82) is 0 Å². The molecule has 0 aromatic carbocycles. The van der Waals surface area contributed by atoms with Gasteiger partial charge in [0, 0.05) is 6.42 Å². The summed E-state index contributed by atoms with van der Waals surface area (Å²) in [6, 6.07) is 0. The van der Waals surface area contributed by atoms with Crippen LogP contribution in [0.5, 0.6) is 0 Å². The average Bonchev–Trinajstić information content (AvgIpc) is 2.60. The first kappa shape index (κ1) is 11.6. The monoisotopic (exact) mass is 221 g/mol. The second-order valence-electron chi connectivity index (χ2n) is 2.65. The highest BCUT2D eigenvalue weighted by Crippen LogP contribution is 2.03. The lowest BCUT2D eigenvalue weighted by Crippen LogP contribution is -2.07. The van der Waals surface area contributed by atoms with Crippen molar-refractivity contribution in [3.8, 4) is 0 Å². The summed E-state index contributed by atoms with van der Waals surface area (Å²) in [6.07, 6.45) is -1.35. The molecule has 1 N–H and O–H groups in total. The smallest absolute Gasteiger partial charge is 0.357 e. The van der Waals surface area contributed by atoms with Gasteiger partial charge in [-0.15, -0.1) is 0 Å². The van der Waals surface area contributed by atoms with Crippen LogP contribution in [-0.2, 0) is 11.2 Å². The van der Waals surface area contributed by atoms with E-state index in [1.165, 1.54) is 0 Å². The molecule has 1 rings (SSSR count). The minimum Gasteiger partial charge on any atom is -0.476 e. The maximum absolute atomic E-state index is 11.6. The van der Waals surface area contributed by atoms with Crippen molar-refractivity contribution in [2.45, 2.75) is 12.8 Å². The number of halogens is 2. The molecule has 0 aliphatic rings. The van der Waals surface area contributed by atoms with E-state index in [4.69, 9.17) is 9.52 Å². The zero-order valence-corrected chi connectivity index (χ0v) is 7.65. The van der Waals surface area contributed by atoms with Crippen molar-refractivity contribution in [2.24, 2.45) is 0 Å². The van der Waals surface area contributed by atoms with E-state index < -0.39 is 19.0 Å². The fourth-order valence-electron chi connectivity index (χ4n) is 0.856. The molecule has 15 heavy (non-hydrogen) atoms. The molecule has 0 saturated heterocycles. The van der Waals surface area contributed by atoms with Crippen LogP contribution in [0.4, 0.5) is 8.78 Å². The van der Waals surface area contributed by atoms with Gasteiger partial charge < -0.3 is 14.3 Å². The van der Waals surface area contributed by atoms with Gasteiger partial charge in [0.05, 0.1) is 6.61 Å². The number of ether oxygens (including phenoxy) is 1. The number of hydrogen-bond donors (Lipinski definition) is 1. The number of aromatic carboxylic acids is 1. The molecule has 1 aromatic heterocycles. The van der Waals surface area contributed by atoms with Crippen LogP contribution in [0.1, 0.15) is 16.4 Å². The number of carbonyl (C=O) groups is 1. The summed E-state index contributed by atoms with van der Waals surface area (Å²) in [5.74, 6) is -1.04. The summed E-state index contributed by atoms with van der Waals surface area (Å²) >= 11 is 0. The van der Waals surface area contributed by atoms with Crippen LogP contribution < -0.4 is 0 Å². The molecule has 0 radical (unpaired) electrons. The molecule has 0 unspecified atom stereocenters. The second-order valence-corrected chi connectivity index (χ2v) is 2.65. The zero-order chi connectivity index (χ0) is 11.3. The molecular formula is C8H9F2NO4. The summed E-state index contributed by atoms with van der Waals surface area (Å²) in [5.41, 5.74) is -0.209. The highest BCUT2D eigenvalue weighted by molar-refractivity contribution is 5.84. The Labute approximate surface area is 83.7 Å². The van der Waals surface area contributed by atoms with E-state index in [0.717, 1.165) is 6.26 Å². The Hall–Kier alpha value is -1.50. The third kappa shape index (κ3) is 4.03. The highest BCUT2D eigenvalue weighted by atomic mass is 19.3. The van der Waals surface area contributed by atoms with E-state index >= 15 is 0 Å². The maximum atomic E-state index is 11.6. The van der Waals surface area contributed by atoms with Gasteiger partial charge in [-0.2, -0.15) is 0 Å². The first-order chi connectivity index (χ1) is 7.09.